The van der Waals surface area contributed by atoms with Gasteiger partial charge < -0.3 is 15.8 Å². The molecular weight excluding hydrogens is 363 g/mol. The van der Waals surface area contributed by atoms with Crippen molar-refractivity contribution in [2.75, 3.05) is 6.61 Å². The van der Waals surface area contributed by atoms with E-state index in [-0.39, 0.29) is 29.7 Å². The van der Waals surface area contributed by atoms with Gasteiger partial charge in [-0.05, 0) is 44.4 Å². The molecule has 1 aromatic heterocycles. The molecule has 2 amide bonds. The number of carbonyl (C=O) groups excluding carboxylic acids is 2. The minimum Gasteiger partial charge on any atom is -0.484 e. The number of halogens is 3. The van der Waals surface area contributed by atoms with Gasteiger partial charge in [-0.15, -0.1) is 0 Å². The number of carbonyl (C=O) groups is 2. The molecule has 0 aromatic carbocycles. The van der Waals surface area contributed by atoms with Crippen LogP contribution in [0.2, 0.25) is 0 Å². The highest BCUT2D eigenvalue weighted by Crippen LogP contribution is 2.44. The van der Waals surface area contributed by atoms with Crippen LogP contribution in [0.15, 0.2) is 12.3 Å². The van der Waals surface area contributed by atoms with Crippen molar-refractivity contribution in [3.8, 4) is 5.75 Å². The van der Waals surface area contributed by atoms with Crippen LogP contribution in [0.1, 0.15) is 61.0 Å². The first-order valence-electron chi connectivity index (χ1n) is 8.88. The zero-order valence-corrected chi connectivity index (χ0v) is 14.9. The number of nitrogens with two attached hydrogens (primary N) is 1. The molecule has 1 unspecified atom stereocenters. The topological polar surface area (TPSA) is 94.3 Å². The van der Waals surface area contributed by atoms with Gasteiger partial charge in [-0.2, -0.15) is 13.2 Å². The molecule has 1 aromatic rings. The number of aromatic nitrogens is 1. The highest BCUT2D eigenvalue weighted by molar-refractivity contribution is 5.93. The number of amides is 2. The zero-order valence-electron chi connectivity index (χ0n) is 14.9. The van der Waals surface area contributed by atoms with Crippen LogP contribution >= 0.6 is 0 Å². The summed E-state index contributed by atoms with van der Waals surface area (Å²) in [5.41, 5.74) is 5.02. The zero-order chi connectivity index (χ0) is 19.8. The minimum absolute atomic E-state index is 0.0129. The van der Waals surface area contributed by atoms with Gasteiger partial charge in [-0.1, -0.05) is 0 Å². The summed E-state index contributed by atoms with van der Waals surface area (Å²) in [5.74, 6) is -0.816. The second-order valence-corrected chi connectivity index (χ2v) is 7.57. The average Bonchev–Trinajstić information content (AvgIpc) is 3.44. The molecule has 9 heteroatoms. The third kappa shape index (κ3) is 5.11. The first-order chi connectivity index (χ1) is 12.6. The molecule has 2 saturated carbocycles. The Hall–Kier alpha value is -2.32. The summed E-state index contributed by atoms with van der Waals surface area (Å²) in [5, 5.41) is 2.79. The van der Waals surface area contributed by atoms with Crippen molar-refractivity contribution in [2.45, 2.75) is 56.7 Å². The SMILES string of the molecule is CC(CC(N)=O)(NC(=O)c1cc(OCC(F)(F)F)c(C2CC2)cn1)C1CC1. The maximum Gasteiger partial charge on any atom is 0.422 e. The number of rotatable bonds is 8. The van der Waals surface area contributed by atoms with Crippen molar-refractivity contribution < 1.29 is 27.5 Å². The summed E-state index contributed by atoms with van der Waals surface area (Å²) in [7, 11) is 0. The second-order valence-electron chi connectivity index (χ2n) is 7.57. The van der Waals surface area contributed by atoms with Gasteiger partial charge in [-0.25, -0.2) is 0 Å². The first kappa shape index (κ1) is 19.4. The molecule has 0 saturated heterocycles. The van der Waals surface area contributed by atoms with E-state index < -0.39 is 30.1 Å². The van der Waals surface area contributed by atoms with Crippen LogP contribution in [0, 0.1) is 5.92 Å². The first-order valence-corrected chi connectivity index (χ1v) is 8.88. The fourth-order valence-corrected chi connectivity index (χ4v) is 3.25. The van der Waals surface area contributed by atoms with Gasteiger partial charge in [-0.3, -0.25) is 14.6 Å². The van der Waals surface area contributed by atoms with E-state index in [9.17, 15) is 22.8 Å². The lowest BCUT2D eigenvalue weighted by atomic mass is 9.91. The predicted molar refractivity (Wildman–Crippen MR) is 90.2 cm³/mol. The number of pyridine rings is 1. The lowest BCUT2D eigenvalue weighted by Gasteiger charge is -2.29. The van der Waals surface area contributed by atoms with Gasteiger partial charge in [0.05, 0.1) is 0 Å². The van der Waals surface area contributed by atoms with E-state index in [1.54, 1.807) is 6.92 Å². The summed E-state index contributed by atoms with van der Waals surface area (Å²) in [6.45, 7) is 0.312. The number of hydrogen-bond acceptors (Lipinski definition) is 4. The highest BCUT2D eigenvalue weighted by atomic mass is 19.4. The Labute approximate surface area is 154 Å². The van der Waals surface area contributed by atoms with Crippen molar-refractivity contribution in [3.05, 3.63) is 23.5 Å². The minimum atomic E-state index is -4.47. The van der Waals surface area contributed by atoms with E-state index in [0.29, 0.717) is 5.56 Å². The second kappa shape index (κ2) is 7.01. The molecule has 27 heavy (non-hydrogen) atoms. The van der Waals surface area contributed by atoms with Crippen LogP contribution < -0.4 is 15.8 Å². The van der Waals surface area contributed by atoms with Gasteiger partial charge in [0.15, 0.2) is 6.61 Å². The Morgan fingerprint density at radius 2 is 1.96 bits per heavy atom. The Morgan fingerprint density at radius 1 is 1.30 bits per heavy atom. The summed E-state index contributed by atoms with van der Waals surface area (Å²) in [6.07, 6.45) is 0.373. The molecule has 6 nitrogen and oxygen atoms in total. The Balaban J connectivity index is 1.78. The van der Waals surface area contributed by atoms with Crippen LogP contribution in [0.25, 0.3) is 0 Å². The molecule has 0 radical (unpaired) electrons. The number of nitrogens with zero attached hydrogens (tertiary/aromatic N) is 1. The molecule has 2 aliphatic rings. The molecule has 0 bridgehead atoms. The van der Waals surface area contributed by atoms with Crippen molar-refractivity contribution >= 4 is 11.8 Å². The van der Waals surface area contributed by atoms with Gasteiger partial charge in [0, 0.05) is 29.8 Å². The van der Waals surface area contributed by atoms with E-state index >= 15 is 0 Å². The normalized spacial score (nSPS) is 19.3. The third-order valence-electron chi connectivity index (χ3n) is 4.96. The average molecular weight is 385 g/mol. The predicted octanol–water partition coefficient (Wildman–Crippen LogP) is 2.67. The summed E-state index contributed by atoms with van der Waals surface area (Å²) >= 11 is 0. The number of nitrogens with one attached hydrogen (secondary N) is 1. The molecule has 1 atom stereocenters. The van der Waals surface area contributed by atoms with Gasteiger partial charge in [0.1, 0.15) is 11.4 Å². The Morgan fingerprint density at radius 3 is 2.48 bits per heavy atom. The van der Waals surface area contributed by atoms with Crippen LogP contribution in [0.5, 0.6) is 5.75 Å². The van der Waals surface area contributed by atoms with Crippen LogP contribution in [0.4, 0.5) is 13.2 Å². The van der Waals surface area contributed by atoms with E-state index in [2.05, 4.69) is 10.3 Å². The fraction of sp³-hybridized carbons (Fsp3) is 0.611. The molecule has 3 N–H and O–H groups in total. The number of hydrogen-bond donors (Lipinski definition) is 2. The maximum atomic E-state index is 12.6. The monoisotopic (exact) mass is 385 g/mol. The Bertz CT molecular complexity index is 745. The van der Waals surface area contributed by atoms with E-state index in [1.807, 2.05) is 0 Å². The van der Waals surface area contributed by atoms with Crippen LogP contribution in [-0.4, -0.2) is 35.1 Å². The molecule has 2 fully saturated rings. The molecular formula is C18H22F3N3O3. The van der Waals surface area contributed by atoms with E-state index in [4.69, 9.17) is 10.5 Å². The quantitative estimate of drug-likeness (QED) is 0.719. The summed E-state index contributed by atoms with van der Waals surface area (Å²) < 4.78 is 42.5. The smallest absolute Gasteiger partial charge is 0.422 e. The number of primary amides is 1. The molecule has 1 heterocycles. The standard InChI is InChI=1S/C18H22F3N3O3/c1-17(7-15(22)25,11-4-5-11)24-16(26)13-6-14(27-9-18(19,20)21)12(8-23-13)10-2-3-10/h6,8,10-11H,2-5,7,9H2,1H3,(H2,22,25)(H,24,26). The van der Waals surface area contributed by atoms with Crippen molar-refractivity contribution in [1.82, 2.24) is 10.3 Å². The molecule has 2 aliphatic carbocycles. The lowest BCUT2D eigenvalue weighted by Crippen LogP contribution is -2.50. The van der Waals surface area contributed by atoms with E-state index in [0.717, 1.165) is 25.7 Å². The largest absolute Gasteiger partial charge is 0.484 e. The fourth-order valence-electron chi connectivity index (χ4n) is 3.25. The number of ether oxygens (including phenoxy) is 1. The number of alkyl halides is 3. The van der Waals surface area contributed by atoms with Crippen molar-refractivity contribution in [1.29, 1.82) is 0 Å². The lowest BCUT2D eigenvalue weighted by molar-refractivity contribution is -0.153. The molecule has 3 rings (SSSR count). The molecule has 0 spiro atoms. The van der Waals surface area contributed by atoms with Gasteiger partial charge in [0.25, 0.3) is 5.91 Å². The van der Waals surface area contributed by atoms with Crippen LogP contribution in [0.3, 0.4) is 0 Å². The summed E-state index contributed by atoms with van der Waals surface area (Å²) in [4.78, 5) is 28.1. The van der Waals surface area contributed by atoms with Crippen molar-refractivity contribution in [2.24, 2.45) is 11.7 Å². The summed E-state index contributed by atoms with van der Waals surface area (Å²) in [6, 6.07) is 1.24. The van der Waals surface area contributed by atoms with Crippen LogP contribution in [-0.2, 0) is 4.79 Å². The van der Waals surface area contributed by atoms with E-state index in [1.165, 1.54) is 12.3 Å². The van der Waals surface area contributed by atoms with Gasteiger partial charge in [0.2, 0.25) is 5.91 Å². The maximum absolute atomic E-state index is 12.6. The third-order valence-corrected chi connectivity index (χ3v) is 4.96. The highest BCUT2D eigenvalue weighted by Gasteiger charge is 2.44. The van der Waals surface area contributed by atoms with Crippen molar-refractivity contribution in [3.63, 3.8) is 0 Å². The van der Waals surface area contributed by atoms with Gasteiger partial charge >= 0.3 is 6.18 Å². The molecule has 148 valence electrons. The Kier molecular flexibility index (Phi) is 5.05. The molecule has 0 aliphatic heterocycles.